The van der Waals surface area contributed by atoms with Crippen molar-refractivity contribution in [1.29, 1.82) is 0 Å². The molecule has 104 valence electrons. The molecule has 1 aromatic rings. The van der Waals surface area contributed by atoms with Crippen LogP contribution in [0.1, 0.15) is 46.2 Å². The van der Waals surface area contributed by atoms with Gasteiger partial charge in [0.25, 0.3) is 5.69 Å². The Morgan fingerprint density at radius 1 is 1.16 bits per heavy atom. The molecule has 0 saturated heterocycles. The number of nitrogens with one attached hydrogen (secondary N) is 1. The first kappa shape index (κ1) is 14.0. The van der Waals surface area contributed by atoms with E-state index in [9.17, 15) is 10.1 Å². The number of hydrogen-bond acceptors (Lipinski definition) is 3. The van der Waals surface area contributed by atoms with Gasteiger partial charge < -0.3 is 5.32 Å². The second kappa shape index (κ2) is 4.30. The highest BCUT2D eigenvalue weighted by Gasteiger charge is 2.64. The Morgan fingerprint density at radius 3 is 2.00 bits per heavy atom. The Hall–Kier alpha value is -1.42. The van der Waals surface area contributed by atoms with Gasteiger partial charge in [0.1, 0.15) is 0 Å². The molecule has 1 fully saturated rings. The lowest BCUT2D eigenvalue weighted by molar-refractivity contribution is -0.384. The average Bonchev–Trinajstić information content (AvgIpc) is 2.71. The number of non-ortho nitro benzene ring substituents is 1. The molecule has 0 radical (unpaired) electrons. The van der Waals surface area contributed by atoms with Gasteiger partial charge in [0.2, 0.25) is 0 Å². The third-order valence-electron chi connectivity index (χ3n) is 5.04. The van der Waals surface area contributed by atoms with Gasteiger partial charge in [0, 0.05) is 24.2 Å². The molecule has 2 rings (SSSR count). The standard InChI is InChI=1S/C15H22N2O2/c1-10(16-13-14(2,3)15(13,4)5)11-6-8-12(9-7-11)17(18)19/h6-10,13,16H,1-5H3. The van der Waals surface area contributed by atoms with E-state index in [1.165, 1.54) is 0 Å². The number of nitro groups is 1. The number of hydrogen-bond donors (Lipinski definition) is 1. The van der Waals surface area contributed by atoms with Gasteiger partial charge in [-0.15, -0.1) is 0 Å². The maximum absolute atomic E-state index is 10.6. The zero-order valence-electron chi connectivity index (χ0n) is 12.2. The smallest absolute Gasteiger partial charge is 0.269 e. The second-order valence-corrected chi connectivity index (χ2v) is 6.61. The molecule has 0 heterocycles. The Kier molecular flexibility index (Phi) is 3.17. The fraction of sp³-hybridized carbons (Fsp3) is 0.600. The van der Waals surface area contributed by atoms with Crippen molar-refractivity contribution in [2.24, 2.45) is 10.8 Å². The Labute approximate surface area is 114 Å². The van der Waals surface area contributed by atoms with E-state index in [-0.39, 0.29) is 16.7 Å². The van der Waals surface area contributed by atoms with Crippen LogP contribution < -0.4 is 5.32 Å². The van der Waals surface area contributed by atoms with E-state index < -0.39 is 0 Å². The van der Waals surface area contributed by atoms with E-state index in [4.69, 9.17) is 0 Å². The predicted molar refractivity (Wildman–Crippen MR) is 76.0 cm³/mol. The van der Waals surface area contributed by atoms with Gasteiger partial charge in [-0.25, -0.2) is 0 Å². The maximum atomic E-state index is 10.6. The van der Waals surface area contributed by atoms with Crippen molar-refractivity contribution in [3.05, 3.63) is 39.9 Å². The van der Waals surface area contributed by atoms with Gasteiger partial charge in [-0.1, -0.05) is 39.8 Å². The quantitative estimate of drug-likeness (QED) is 0.665. The van der Waals surface area contributed by atoms with Gasteiger partial charge in [0.15, 0.2) is 0 Å². The van der Waals surface area contributed by atoms with Gasteiger partial charge in [-0.2, -0.15) is 0 Å². The minimum Gasteiger partial charge on any atom is -0.306 e. The van der Waals surface area contributed by atoms with Crippen LogP contribution in [0.4, 0.5) is 5.69 Å². The number of nitrogens with zero attached hydrogens (tertiary/aromatic N) is 1. The Morgan fingerprint density at radius 2 is 1.63 bits per heavy atom. The monoisotopic (exact) mass is 262 g/mol. The lowest BCUT2D eigenvalue weighted by atomic mass is 10.0. The fourth-order valence-corrected chi connectivity index (χ4v) is 2.84. The second-order valence-electron chi connectivity index (χ2n) is 6.61. The first-order valence-electron chi connectivity index (χ1n) is 6.68. The molecule has 1 aliphatic carbocycles. The number of nitro benzene ring substituents is 1. The molecule has 0 aliphatic heterocycles. The van der Waals surface area contributed by atoms with Crippen LogP contribution in [0.25, 0.3) is 0 Å². The molecule has 4 nitrogen and oxygen atoms in total. The summed E-state index contributed by atoms with van der Waals surface area (Å²) in [6, 6.07) is 7.47. The van der Waals surface area contributed by atoms with Crippen molar-refractivity contribution in [2.45, 2.75) is 46.7 Å². The first-order valence-corrected chi connectivity index (χ1v) is 6.68. The van der Waals surface area contributed by atoms with E-state index in [2.05, 4.69) is 39.9 Å². The largest absolute Gasteiger partial charge is 0.306 e. The summed E-state index contributed by atoms with van der Waals surface area (Å²) in [5, 5.41) is 14.3. The highest BCUT2D eigenvalue weighted by atomic mass is 16.6. The van der Waals surface area contributed by atoms with E-state index in [0.717, 1.165) is 5.56 Å². The van der Waals surface area contributed by atoms with Crippen LogP contribution in [0.2, 0.25) is 0 Å². The van der Waals surface area contributed by atoms with E-state index in [1.54, 1.807) is 12.1 Å². The topological polar surface area (TPSA) is 55.2 Å². The van der Waals surface area contributed by atoms with Crippen molar-refractivity contribution >= 4 is 5.69 Å². The third kappa shape index (κ3) is 2.25. The molecule has 0 aromatic heterocycles. The van der Waals surface area contributed by atoms with Crippen molar-refractivity contribution < 1.29 is 4.92 Å². The SMILES string of the molecule is CC(NC1C(C)(C)C1(C)C)c1ccc([N+](=O)[O-])cc1. The summed E-state index contributed by atoms with van der Waals surface area (Å²) in [5.41, 5.74) is 1.82. The molecule has 1 aromatic carbocycles. The Bertz CT molecular complexity index is 477. The minimum absolute atomic E-state index is 0.142. The minimum atomic E-state index is -0.366. The Balaban J connectivity index is 2.05. The zero-order valence-corrected chi connectivity index (χ0v) is 12.2. The summed E-state index contributed by atoms with van der Waals surface area (Å²) in [5.74, 6) is 0. The molecule has 1 unspecified atom stereocenters. The number of benzene rings is 1. The number of rotatable bonds is 4. The molecule has 4 heteroatoms. The molecule has 0 bridgehead atoms. The van der Waals surface area contributed by atoms with E-state index >= 15 is 0 Å². The van der Waals surface area contributed by atoms with E-state index in [1.807, 2.05) is 12.1 Å². The van der Waals surface area contributed by atoms with Crippen LogP contribution >= 0.6 is 0 Å². The molecule has 1 N–H and O–H groups in total. The molecular formula is C15H22N2O2. The predicted octanol–water partition coefficient (Wildman–Crippen LogP) is 3.68. The summed E-state index contributed by atoms with van der Waals surface area (Å²) in [6.07, 6.45) is 0. The van der Waals surface area contributed by atoms with Crippen molar-refractivity contribution in [1.82, 2.24) is 5.32 Å². The summed E-state index contributed by atoms with van der Waals surface area (Å²) in [6.45, 7) is 11.2. The molecule has 19 heavy (non-hydrogen) atoms. The average molecular weight is 262 g/mol. The molecule has 1 atom stereocenters. The third-order valence-corrected chi connectivity index (χ3v) is 5.04. The highest BCUT2D eigenvalue weighted by molar-refractivity contribution is 5.34. The van der Waals surface area contributed by atoms with Crippen LogP contribution in [0.3, 0.4) is 0 Å². The van der Waals surface area contributed by atoms with Crippen LogP contribution in [0, 0.1) is 20.9 Å². The summed E-state index contributed by atoms with van der Waals surface area (Å²) >= 11 is 0. The molecular weight excluding hydrogens is 240 g/mol. The van der Waals surface area contributed by atoms with Crippen LogP contribution in [-0.2, 0) is 0 Å². The molecule has 0 amide bonds. The van der Waals surface area contributed by atoms with Crippen molar-refractivity contribution in [2.75, 3.05) is 0 Å². The van der Waals surface area contributed by atoms with E-state index in [0.29, 0.717) is 16.9 Å². The normalized spacial score (nSPS) is 21.9. The lowest BCUT2D eigenvalue weighted by Gasteiger charge is -2.15. The molecule has 0 spiro atoms. The van der Waals surface area contributed by atoms with Crippen LogP contribution in [0.5, 0.6) is 0 Å². The van der Waals surface area contributed by atoms with Crippen LogP contribution in [0.15, 0.2) is 24.3 Å². The van der Waals surface area contributed by atoms with Crippen LogP contribution in [-0.4, -0.2) is 11.0 Å². The highest BCUT2D eigenvalue weighted by Crippen LogP contribution is 2.63. The van der Waals surface area contributed by atoms with Gasteiger partial charge in [0.05, 0.1) is 4.92 Å². The molecule has 1 saturated carbocycles. The lowest BCUT2D eigenvalue weighted by Crippen LogP contribution is -2.25. The molecule has 1 aliphatic rings. The van der Waals surface area contributed by atoms with Gasteiger partial charge >= 0.3 is 0 Å². The summed E-state index contributed by atoms with van der Waals surface area (Å²) in [4.78, 5) is 10.3. The summed E-state index contributed by atoms with van der Waals surface area (Å²) < 4.78 is 0. The zero-order chi connectivity index (χ0) is 14.4. The maximum Gasteiger partial charge on any atom is 0.269 e. The fourth-order valence-electron chi connectivity index (χ4n) is 2.84. The van der Waals surface area contributed by atoms with Gasteiger partial charge in [-0.3, -0.25) is 10.1 Å². The van der Waals surface area contributed by atoms with Crippen molar-refractivity contribution in [3.63, 3.8) is 0 Å². The first-order chi connectivity index (χ1) is 8.68. The van der Waals surface area contributed by atoms with Crippen molar-refractivity contribution in [3.8, 4) is 0 Å². The van der Waals surface area contributed by atoms with Gasteiger partial charge in [-0.05, 0) is 23.3 Å². The summed E-state index contributed by atoms with van der Waals surface area (Å²) in [7, 11) is 0.